The molecule has 0 bridgehead atoms. The Morgan fingerprint density at radius 3 is 2.43 bits per heavy atom. The summed E-state index contributed by atoms with van der Waals surface area (Å²) in [5.41, 5.74) is 2.53. The summed E-state index contributed by atoms with van der Waals surface area (Å²) in [6, 6.07) is 13.8. The van der Waals surface area contributed by atoms with E-state index >= 15 is 0 Å². The van der Waals surface area contributed by atoms with E-state index in [4.69, 9.17) is 6.57 Å². The summed E-state index contributed by atoms with van der Waals surface area (Å²) in [4.78, 5) is 3.55. The minimum atomic E-state index is -3.70. The van der Waals surface area contributed by atoms with Gasteiger partial charge in [-0.3, -0.25) is 4.85 Å². The molecule has 0 saturated carbocycles. The molecule has 1 atom stereocenters. The van der Waals surface area contributed by atoms with Crippen molar-refractivity contribution in [2.24, 2.45) is 0 Å². The molecule has 0 heterocycles. The molecule has 0 aliphatic heterocycles. The molecule has 0 spiro atoms. The van der Waals surface area contributed by atoms with Crippen LogP contribution in [0.5, 0.6) is 0 Å². The van der Waals surface area contributed by atoms with E-state index < -0.39 is 15.2 Å². The van der Waals surface area contributed by atoms with Crippen LogP contribution in [0.3, 0.4) is 0 Å². The Labute approximate surface area is 138 Å². The van der Waals surface area contributed by atoms with Crippen molar-refractivity contribution < 1.29 is 8.42 Å². The van der Waals surface area contributed by atoms with Crippen molar-refractivity contribution in [1.29, 1.82) is 0 Å². The lowest BCUT2D eigenvalue weighted by molar-refractivity contribution is 0.590. The molecule has 2 aromatic carbocycles. The molecule has 2 aromatic rings. The summed E-state index contributed by atoms with van der Waals surface area (Å²) >= 11 is 2.21. The van der Waals surface area contributed by atoms with Gasteiger partial charge >= 0.3 is 5.37 Å². The van der Waals surface area contributed by atoms with Gasteiger partial charge in [0.05, 0.1) is 10.5 Å². The molecule has 2 rings (SSSR count). The molecule has 0 unspecified atom stereocenters. The van der Waals surface area contributed by atoms with Gasteiger partial charge in [0, 0.05) is 4.43 Å². The maximum absolute atomic E-state index is 12.7. The summed E-state index contributed by atoms with van der Waals surface area (Å²) in [6.07, 6.45) is 0. The Balaban J connectivity index is 2.49. The normalized spacial score (nSPS) is 12.6. The highest BCUT2D eigenvalue weighted by Crippen LogP contribution is 2.31. The first-order valence-electron chi connectivity index (χ1n) is 6.31. The zero-order chi connectivity index (χ0) is 15.5. The molecular formula is C16H14INO2S. The number of aryl methyl sites for hydroxylation is 1. The average molecular weight is 411 g/mol. The van der Waals surface area contributed by atoms with Crippen molar-refractivity contribution in [2.75, 3.05) is 0 Å². The van der Waals surface area contributed by atoms with Crippen molar-refractivity contribution in [1.82, 2.24) is 0 Å². The minimum absolute atomic E-state index is 0.189. The molecule has 0 N–H and O–H groups in total. The number of sulfone groups is 1. The van der Waals surface area contributed by atoms with Crippen LogP contribution in [0.1, 0.15) is 22.1 Å². The van der Waals surface area contributed by atoms with Gasteiger partial charge in [-0.05, 0) is 30.7 Å². The van der Waals surface area contributed by atoms with Gasteiger partial charge in [-0.15, -0.1) is 0 Å². The zero-order valence-corrected chi connectivity index (χ0v) is 14.4. The first kappa shape index (κ1) is 16.0. The molecule has 0 aromatic heterocycles. The van der Waals surface area contributed by atoms with E-state index in [0.29, 0.717) is 5.56 Å². The summed E-state index contributed by atoms with van der Waals surface area (Å²) < 4.78 is 26.1. The number of nitrogens with zero attached hydrogens (tertiary/aromatic N) is 1. The van der Waals surface area contributed by atoms with E-state index in [-0.39, 0.29) is 4.90 Å². The van der Waals surface area contributed by atoms with Crippen LogP contribution in [0, 0.1) is 13.5 Å². The molecule has 0 fully saturated rings. The summed E-state index contributed by atoms with van der Waals surface area (Å²) in [5, 5.41) is -1.19. The maximum atomic E-state index is 12.7. The van der Waals surface area contributed by atoms with Crippen LogP contribution < -0.4 is 0 Å². The monoisotopic (exact) mass is 411 g/mol. The highest BCUT2D eigenvalue weighted by Gasteiger charge is 2.34. The second-order valence-electron chi connectivity index (χ2n) is 4.72. The van der Waals surface area contributed by atoms with Gasteiger partial charge in [0.2, 0.25) is 0 Å². The van der Waals surface area contributed by atoms with Gasteiger partial charge in [0.15, 0.2) is 0 Å². The molecule has 5 heteroatoms. The van der Waals surface area contributed by atoms with E-state index in [2.05, 4.69) is 27.4 Å². The third-order valence-electron chi connectivity index (χ3n) is 3.15. The van der Waals surface area contributed by atoms with Crippen LogP contribution in [-0.2, 0) is 14.3 Å². The molecule has 0 saturated heterocycles. The molecular weight excluding hydrogens is 397 g/mol. The molecule has 0 radical (unpaired) electrons. The van der Waals surface area contributed by atoms with Crippen LogP contribution in [0.15, 0.2) is 53.4 Å². The average Bonchev–Trinajstić information content (AvgIpc) is 2.48. The second kappa shape index (κ2) is 6.58. The third kappa shape index (κ3) is 3.44. The lowest BCUT2D eigenvalue weighted by atomic mass is 10.1. The molecule has 108 valence electrons. The molecule has 0 amide bonds. The number of halogens is 1. The number of alkyl halides is 1. The molecule has 0 aliphatic carbocycles. The second-order valence-corrected chi connectivity index (χ2v) is 7.49. The van der Waals surface area contributed by atoms with Crippen LogP contribution in [-0.4, -0.2) is 8.42 Å². The SMILES string of the molecule is [C-]#[N+][C@H](c1cccc(CI)c1)S(=O)(=O)c1ccc(C)cc1. The van der Waals surface area contributed by atoms with Crippen molar-refractivity contribution in [3.05, 3.63) is 76.6 Å². The van der Waals surface area contributed by atoms with E-state index in [1.807, 2.05) is 13.0 Å². The predicted molar refractivity (Wildman–Crippen MR) is 91.9 cm³/mol. The fourth-order valence-corrected chi connectivity index (χ4v) is 3.90. The van der Waals surface area contributed by atoms with Crippen LogP contribution in [0.4, 0.5) is 0 Å². The highest BCUT2D eigenvalue weighted by atomic mass is 127. The highest BCUT2D eigenvalue weighted by molar-refractivity contribution is 14.1. The smallest absolute Gasteiger partial charge is 0.291 e. The number of benzene rings is 2. The van der Waals surface area contributed by atoms with Crippen molar-refractivity contribution in [3.8, 4) is 0 Å². The van der Waals surface area contributed by atoms with E-state index in [1.165, 1.54) is 0 Å². The van der Waals surface area contributed by atoms with Gasteiger partial charge in [-0.25, -0.2) is 15.0 Å². The van der Waals surface area contributed by atoms with Crippen molar-refractivity contribution in [2.45, 2.75) is 21.6 Å². The summed E-state index contributed by atoms with van der Waals surface area (Å²) in [5.74, 6) is 0. The van der Waals surface area contributed by atoms with Gasteiger partial charge < -0.3 is 0 Å². The van der Waals surface area contributed by atoms with Crippen LogP contribution in [0.2, 0.25) is 0 Å². The first-order valence-corrected chi connectivity index (χ1v) is 9.38. The zero-order valence-electron chi connectivity index (χ0n) is 11.5. The minimum Gasteiger partial charge on any atom is -0.291 e. The van der Waals surface area contributed by atoms with Crippen molar-refractivity contribution in [3.63, 3.8) is 0 Å². The number of hydrogen-bond acceptors (Lipinski definition) is 2. The van der Waals surface area contributed by atoms with E-state index in [0.717, 1.165) is 15.6 Å². The number of rotatable bonds is 4. The third-order valence-corrected chi connectivity index (χ3v) is 5.93. The maximum Gasteiger partial charge on any atom is 0.350 e. The standard InChI is InChI=1S/C16H14INO2S/c1-12-6-8-15(9-7-12)21(19,20)16(18-2)14-5-3-4-13(10-14)11-17/h3-10,16H,11H2,1H3/t16-/m0/s1. The molecule has 21 heavy (non-hydrogen) atoms. The predicted octanol–water partition coefficient (Wildman–Crippen LogP) is 4.32. The fraction of sp³-hybridized carbons (Fsp3) is 0.188. The fourth-order valence-electron chi connectivity index (χ4n) is 2.01. The Hall–Kier alpha value is -1.39. The largest absolute Gasteiger partial charge is 0.350 e. The Bertz CT molecular complexity index is 777. The Morgan fingerprint density at radius 2 is 1.86 bits per heavy atom. The van der Waals surface area contributed by atoms with E-state index in [1.54, 1.807) is 42.5 Å². The lowest BCUT2D eigenvalue weighted by Gasteiger charge is -2.09. The van der Waals surface area contributed by atoms with Gasteiger partial charge in [-0.2, -0.15) is 0 Å². The number of hydrogen-bond donors (Lipinski definition) is 0. The topological polar surface area (TPSA) is 38.5 Å². The summed E-state index contributed by atoms with van der Waals surface area (Å²) in [7, 11) is -3.70. The molecule has 3 nitrogen and oxygen atoms in total. The van der Waals surface area contributed by atoms with Gasteiger partial charge in [0.25, 0.3) is 9.84 Å². The lowest BCUT2D eigenvalue weighted by Crippen LogP contribution is -2.11. The van der Waals surface area contributed by atoms with E-state index in [9.17, 15) is 8.42 Å². The van der Waals surface area contributed by atoms with Gasteiger partial charge in [-0.1, -0.05) is 58.5 Å². The molecule has 0 aliphatic rings. The van der Waals surface area contributed by atoms with Crippen LogP contribution in [0.25, 0.3) is 4.85 Å². The van der Waals surface area contributed by atoms with Crippen LogP contribution >= 0.6 is 22.6 Å². The first-order chi connectivity index (χ1) is 9.98. The quantitative estimate of drug-likeness (QED) is 0.427. The van der Waals surface area contributed by atoms with Gasteiger partial charge in [0.1, 0.15) is 0 Å². The van der Waals surface area contributed by atoms with Crippen molar-refractivity contribution >= 4 is 32.4 Å². The Kier molecular flexibility index (Phi) is 5.01. The summed E-state index contributed by atoms with van der Waals surface area (Å²) in [6.45, 7) is 9.21. The Morgan fingerprint density at radius 1 is 1.19 bits per heavy atom.